The van der Waals surface area contributed by atoms with E-state index in [1.165, 1.54) is 0 Å². The topological polar surface area (TPSA) is 75.4 Å². The molecule has 2 N–H and O–H groups in total. The first-order valence-corrected chi connectivity index (χ1v) is 5.30. The van der Waals surface area contributed by atoms with Gasteiger partial charge in [0.1, 0.15) is 11.3 Å². The molecule has 0 bridgehead atoms. The predicted octanol–water partition coefficient (Wildman–Crippen LogP) is 1.63. The van der Waals surface area contributed by atoms with E-state index >= 15 is 0 Å². The fraction of sp³-hybridized carbons (Fsp3) is 0.636. The normalized spacial score (nSPS) is 14.8. The van der Waals surface area contributed by atoms with Crippen molar-refractivity contribution in [2.45, 2.75) is 46.2 Å². The summed E-state index contributed by atoms with van der Waals surface area (Å²) in [6.07, 6.45) is 0.501. The standard InChI is InChI=1S/C11H18N2O3/c1-5-11(4,10(14)15)12-6-9-13-7(2)8(3)16-9/h12H,5-6H2,1-4H3,(H,14,15). The summed E-state index contributed by atoms with van der Waals surface area (Å²) in [6, 6.07) is 0. The molecule has 0 saturated carbocycles. The number of oxazole rings is 1. The Bertz CT molecular complexity index is 367. The van der Waals surface area contributed by atoms with Gasteiger partial charge in [0.25, 0.3) is 0 Å². The Labute approximate surface area is 94.9 Å². The zero-order valence-electron chi connectivity index (χ0n) is 10.1. The average molecular weight is 226 g/mol. The Morgan fingerprint density at radius 3 is 2.56 bits per heavy atom. The summed E-state index contributed by atoms with van der Waals surface area (Å²) < 4.78 is 5.37. The van der Waals surface area contributed by atoms with Crippen molar-refractivity contribution in [3.8, 4) is 0 Å². The minimum absolute atomic E-state index is 0.325. The highest BCUT2D eigenvalue weighted by Crippen LogP contribution is 2.12. The second-order valence-corrected chi connectivity index (χ2v) is 4.09. The summed E-state index contributed by atoms with van der Waals surface area (Å²) in [5, 5.41) is 12.0. The fourth-order valence-corrected chi connectivity index (χ4v) is 1.24. The van der Waals surface area contributed by atoms with Gasteiger partial charge in [0.05, 0.1) is 12.2 Å². The largest absolute Gasteiger partial charge is 0.480 e. The molecular weight excluding hydrogens is 208 g/mol. The van der Waals surface area contributed by atoms with Crippen LogP contribution < -0.4 is 5.32 Å². The molecule has 1 unspecified atom stereocenters. The van der Waals surface area contributed by atoms with Crippen molar-refractivity contribution < 1.29 is 14.3 Å². The van der Waals surface area contributed by atoms with Crippen molar-refractivity contribution in [1.29, 1.82) is 0 Å². The lowest BCUT2D eigenvalue weighted by Gasteiger charge is -2.23. The predicted molar refractivity (Wildman–Crippen MR) is 59.1 cm³/mol. The Morgan fingerprint density at radius 2 is 2.19 bits per heavy atom. The van der Waals surface area contributed by atoms with Crippen LogP contribution in [-0.2, 0) is 11.3 Å². The van der Waals surface area contributed by atoms with Crippen LogP contribution in [0.5, 0.6) is 0 Å². The number of nitrogens with one attached hydrogen (secondary N) is 1. The lowest BCUT2D eigenvalue weighted by Crippen LogP contribution is -2.48. The van der Waals surface area contributed by atoms with E-state index in [0.717, 1.165) is 11.5 Å². The summed E-state index contributed by atoms with van der Waals surface area (Å²) in [5.41, 5.74) is -0.0960. The first kappa shape index (κ1) is 12.7. The monoisotopic (exact) mass is 226 g/mol. The van der Waals surface area contributed by atoms with Gasteiger partial charge in [-0.2, -0.15) is 0 Å². The number of carboxylic acid groups (broad SMARTS) is 1. The number of aliphatic carboxylic acids is 1. The second kappa shape index (κ2) is 4.65. The molecule has 5 heteroatoms. The number of hydrogen-bond acceptors (Lipinski definition) is 4. The van der Waals surface area contributed by atoms with Crippen LogP contribution in [0.1, 0.15) is 37.6 Å². The van der Waals surface area contributed by atoms with E-state index < -0.39 is 11.5 Å². The minimum atomic E-state index is -0.934. The van der Waals surface area contributed by atoms with Gasteiger partial charge in [-0.3, -0.25) is 10.1 Å². The lowest BCUT2D eigenvalue weighted by molar-refractivity contribution is -0.144. The van der Waals surface area contributed by atoms with Crippen molar-refractivity contribution in [3.05, 3.63) is 17.3 Å². The Hall–Kier alpha value is -1.36. The van der Waals surface area contributed by atoms with Gasteiger partial charge >= 0.3 is 5.97 Å². The molecule has 1 rings (SSSR count). The SMILES string of the molecule is CCC(C)(NCc1nc(C)c(C)o1)C(=O)O. The van der Waals surface area contributed by atoms with E-state index in [4.69, 9.17) is 9.52 Å². The molecular formula is C11H18N2O3. The summed E-state index contributed by atoms with van der Waals surface area (Å²) in [4.78, 5) is 15.2. The van der Waals surface area contributed by atoms with E-state index in [-0.39, 0.29) is 0 Å². The van der Waals surface area contributed by atoms with Gasteiger partial charge in [0.15, 0.2) is 0 Å². The average Bonchev–Trinajstić information content (AvgIpc) is 2.55. The Balaban J connectivity index is 2.66. The highest BCUT2D eigenvalue weighted by molar-refractivity contribution is 5.78. The number of aryl methyl sites for hydroxylation is 2. The molecule has 1 atom stereocenters. The van der Waals surface area contributed by atoms with Crippen LogP contribution in [0.4, 0.5) is 0 Å². The van der Waals surface area contributed by atoms with E-state index in [9.17, 15) is 4.79 Å². The van der Waals surface area contributed by atoms with Crippen molar-refractivity contribution in [2.75, 3.05) is 0 Å². The van der Waals surface area contributed by atoms with Crippen molar-refractivity contribution in [2.24, 2.45) is 0 Å². The molecule has 1 heterocycles. The van der Waals surface area contributed by atoms with Crippen molar-refractivity contribution in [3.63, 3.8) is 0 Å². The number of nitrogens with zero attached hydrogens (tertiary/aromatic N) is 1. The molecule has 0 aliphatic carbocycles. The highest BCUT2D eigenvalue weighted by Gasteiger charge is 2.30. The van der Waals surface area contributed by atoms with E-state index in [1.54, 1.807) is 6.92 Å². The maximum absolute atomic E-state index is 11.0. The van der Waals surface area contributed by atoms with Gasteiger partial charge in [-0.05, 0) is 27.2 Å². The van der Waals surface area contributed by atoms with Crippen LogP contribution >= 0.6 is 0 Å². The Morgan fingerprint density at radius 1 is 1.56 bits per heavy atom. The number of carboxylic acids is 1. The quantitative estimate of drug-likeness (QED) is 0.798. The molecule has 0 spiro atoms. The van der Waals surface area contributed by atoms with Crippen LogP contribution in [0.15, 0.2) is 4.42 Å². The molecule has 5 nitrogen and oxygen atoms in total. The van der Waals surface area contributed by atoms with E-state index in [0.29, 0.717) is 18.9 Å². The van der Waals surface area contributed by atoms with Crippen molar-refractivity contribution >= 4 is 5.97 Å². The van der Waals surface area contributed by atoms with Gasteiger partial charge in [-0.1, -0.05) is 6.92 Å². The molecule has 0 fully saturated rings. The van der Waals surface area contributed by atoms with E-state index in [1.807, 2.05) is 20.8 Å². The van der Waals surface area contributed by atoms with Crippen molar-refractivity contribution in [1.82, 2.24) is 10.3 Å². The maximum atomic E-state index is 11.0. The molecule has 0 saturated heterocycles. The zero-order chi connectivity index (χ0) is 12.3. The van der Waals surface area contributed by atoms with Crippen LogP contribution in [0.25, 0.3) is 0 Å². The number of hydrogen-bond donors (Lipinski definition) is 2. The minimum Gasteiger partial charge on any atom is -0.480 e. The molecule has 0 aromatic carbocycles. The van der Waals surface area contributed by atoms with Gasteiger partial charge in [-0.25, -0.2) is 4.98 Å². The molecule has 0 amide bonds. The summed E-state index contributed by atoms with van der Waals surface area (Å²) in [6.45, 7) is 7.50. The molecule has 16 heavy (non-hydrogen) atoms. The molecule has 1 aromatic heterocycles. The van der Waals surface area contributed by atoms with Gasteiger partial charge in [-0.15, -0.1) is 0 Å². The van der Waals surface area contributed by atoms with Gasteiger partial charge in [0.2, 0.25) is 5.89 Å². The number of carbonyl (C=O) groups is 1. The third kappa shape index (κ3) is 2.61. The first-order chi connectivity index (χ1) is 7.39. The molecule has 0 aliphatic rings. The maximum Gasteiger partial charge on any atom is 0.323 e. The number of aromatic nitrogens is 1. The molecule has 90 valence electrons. The summed E-state index contributed by atoms with van der Waals surface area (Å²) in [7, 11) is 0. The zero-order valence-corrected chi connectivity index (χ0v) is 10.1. The third-order valence-corrected chi connectivity index (χ3v) is 2.88. The highest BCUT2D eigenvalue weighted by atomic mass is 16.4. The van der Waals surface area contributed by atoms with Gasteiger partial charge < -0.3 is 9.52 Å². The fourth-order valence-electron chi connectivity index (χ4n) is 1.24. The summed E-state index contributed by atoms with van der Waals surface area (Å²) >= 11 is 0. The van der Waals surface area contributed by atoms with E-state index in [2.05, 4.69) is 10.3 Å². The van der Waals surface area contributed by atoms with Crippen LogP contribution in [0.2, 0.25) is 0 Å². The third-order valence-electron chi connectivity index (χ3n) is 2.88. The molecule has 0 radical (unpaired) electrons. The number of rotatable bonds is 5. The van der Waals surface area contributed by atoms with Crippen LogP contribution in [0, 0.1) is 13.8 Å². The van der Waals surface area contributed by atoms with Crippen LogP contribution in [-0.4, -0.2) is 21.6 Å². The first-order valence-electron chi connectivity index (χ1n) is 5.30. The smallest absolute Gasteiger partial charge is 0.323 e. The summed E-state index contributed by atoms with van der Waals surface area (Å²) in [5.74, 6) is 0.427. The second-order valence-electron chi connectivity index (χ2n) is 4.09. The van der Waals surface area contributed by atoms with Gasteiger partial charge in [0, 0.05) is 0 Å². The lowest BCUT2D eigenvalue weighted by atomic mass is 9.99. The Kier molecular flexibility index (Phi) is 3.70. The molecule has 1 aromatic rings. The van der Waals surface area contributed by atoms with Crippen LogP contribution in [0.3, 0.4) is 0 Å². The molecule has 0 aliphatic heterocycles.